The lowest BCUT2D eigenvalue weighted by molar-refractivity contribution is -0.121. The summed E-state index contributed by atoms with van der Waals surface area (Å²) in [5.41, 5.74) is 0. The van der Waals surface area contributed by atoms with Crippen LogP contribution in [-0.2, 0) is 4.79 Å². The van der Waals surface area contributed by atoms with E-state index in [4.69, 9.17) is 0 Å². The van der Waals surface area contributed by atoms with Gasteiger partial charge in [-0.1, -0.05) is 13.0 Å². The minimum absolute atomic E-state index is 0.182. The molecule has 0 saturated carbocycles. The SMILES string of the molecule is CC1CCN(C(CNC(=O)CC2CSCCN2)c2cccs2)CC1. The van der Waals surface area contributed by atoms with Crippen molar-refractivity contribution in [1.82, 2.24) is 15.5 Å². The van der Waals surface area contributed by atoms with Crippen LogP contribution in [0.25, 0.3) is 0 Å². The predicted molar refractivity (Wildman–Crippen MR) is 104 cm³/mol. The highest BCUT2D eigenvalue weighted by atomic mass is 32.2. The number of nitrogens with one attached hydrogen (secondary N) is 2. The third-order valence-electron chi connectivity index (χ3n) is 5.05. The van der Waals surface area contributed by atoms with Gasteiger partial charge in [0, 0.05) is 41.9 Å². The van der Waals surface area contributed by atoms with Gasteiger partial charge < -0.3 is 10.6 Å². The molecule has 2 fully saturated rings. The van der Waals surface area contributed by atoms with Crippen LogP contribution in [0.1, 0.15) is 37.1 Å². The minimum atomic E-state index is 0.182. The Hall–Kier alpha value is -0.560. The van der Waals surface area contributed by atoms with Gasteiger partial charge in [-0.3, -0.25) is 9.69 Å². The molecule has 2 saturated heterocycles. The number of likely N-dealkylation sites (tertiary alicyclic amines) is 1. The molecule has 24 heavy (non-hydrogen) atoms. The van der Waals surface area contributed by atoms with Gasteiger partial charge in [0.15, 0.2) is 0 Å². The van der Waals surface area contributed by atoms with Gasteiger partial charge in [-0.25, -0.2) is 0 Å². The van der Waals surface area contributed by atoms with Crippen molar-refractivity contribution < 1.29 is 4.79 Å². The Balaban J connectivity index is 1.53. The molecular formula is C18H29N3OS2. The fourth-order valence-corrected chi connectivity index (χ4v) is 5.30. The van der Waals surface area contributed by atoms with Crippen molar-refractivity contribution in [2.45, 2.75) is 38.3 Å². The fraction of sp³-hybridized carbons (Fsp3) is 0.722. The van der Waals surface area contributed by atoms with Crippen molar-refractivity contribution in [2.24, 2.45) is 5.92 Å². The summed E-state index contributed by atoms with van der Waals surface area (Å²) < 4.78 is 0. The Morgan fingerprint density at radius 1 is 1.46 bits per heavy atom. The topological polar surface area (TPSA) is 44.4 Å². The lowest BCUT2D eigenvalue weighted by atomic mass is 9.97. The molecule has 0 aromatic carbocycles. The number of rotatable bonds is 6. The summed E-state index contributed by atoms with van der Waals surface area (Å²) in [6, 6.07) is 4.98. The third-order valence-corrected chi connectivity index (χ3v) is 7.16. The molecule has 1 amide bonds. The summed E-state index contributed by atoms with van der Waals surface area (Å²) >= 11 is 3.75. The average Bonchev–Trinajstić information content (AvgIpc) is 3.12. The Morgan fingerprint density at radius 3 is 2.96 bits per heavy atom. The summed E-state index contributed by atoms with van der Waals surface area (Å²) in [6.07, 6.45) is 3.12. The van der Waals surface area contributed by atoms with Crippen molar-refractivity contribution in [3.05, 3.63) is 22.4 Å². The summed E-state index contributed by atoms with van der Waals surface area (Å²) in [6.45, 7) is 6.37. The first-order valence-corrected chi connectivity index (χ1v) is 11.1. The zero-order chi connectivity index (χ0) is 16.8. The van der Waals surface area contributed by atoms with Crippen LogP contribution in [0.4, 0.5) is 0 Å². The largest absolute Gasteiger partial charge is 0.354 e. The summed E-state index contributed by atoms with van der Waals surface area (Å²) in [5, 5.41) is 8.79. The molecule has 1 aromatic rings. The lowest BCUT2D eigenvalue weighted by Crippen LogP contribution is -2.44. The number of thiophene rings is 1. The van der Waals surface area contributed by atoms with Crippen LogP contribution in [0.2, 0.25) is 0 Å². The maximum absolute atomic E-state index is 12.3. The van der Waals surface area contributed by atoms with Gasteiger partial charge in [-0.15, -0.1) is 11.3 Å². The molecule has 6 heteroatoms. The van der Waals surface area contributed by atoms with Gasteiger partial charge in [0.05, 0.1) is 6.04 Å². The molecular weight excluding hydrogens is 338 g/mol. The molecule has 0 radical (unpaired) electrons. The van der Waals surface area contributed by atoms with E-state index in [2.05, 4.69) is 40.0 Å². The molecule has 134 valence electrons. The van der Waals surface area contributed by atoms with Crippen molar-refractivity contribution in [3.63, 3.8) is 0 Å². The van der Waals surface area contributed by atoms with E-state index in [9.17, 15) is 4.79 Å². The molecule has 0 spiro atoms. The molecule has 3 rings (SSSR count). The van der Waals surface area contributed by atoms with Gasteiger partial charge in [0.25, 0.3) is 0 Å². The smallest absolute Gasteiger partial charge is 0.221 e. The van der Waals surface area contributed by atoms with E-state index in [-0.39, 0.29) is 5.91 Å². The molecule has 2 aliphatic heterocycles. The van der Waals surface area contributed by atoms with Crippen LogP contribution in [0.15, 0.2) is 17.5 Å². The fourth-order valence-electron chi connectivity index (χ4n) is 3.49. The number of amides is 1. The zero-order valence-corrected chi connectivity index (χ0v) is 16.1. The minimum Gasteiger partial charge on any atom is -0.354 e. The molecule has 0 aliphatic carbocycles. The van der Waals surface area contributed by atoms with Crippen molar-refractivity contribution >= 4 is 29.0 Å². The number of hydrogen-bond acceptors (Lipinski definition) is 5. The summed E-state index contributed by atoms with van der Waals surface area (Å²) in [5.74, 6) is 3.22. The molecule has 2 aliphatic rings. The number of nitrogens with zero attached hydrogens (tertiary/aromatic N) is 1. The Bertz CT molecular complexity index is 494. The average molecular weight is 368 g/mol. The highest BCUT2D eigenvalue weighted by molar-refractivity contribution is 7.99. The maximum atomic E-state index is 12.3. The van der Waals surface area contributed by atoms with Gasteiger partial charge >= 0.3 is 0 Å². The van der Waals surface area contributed by atoms with Gasteiger partial charge in [-0.05, 0) is 43.3 Å². The maximum Gasteiger partial charge on any atom is 0.221 e. The van der Waals surface area contributed by atoms with Gasteiger partial charge in [0.2, 0.25) is 5.91 Å². The Kier molecular flexibility index (Phi) is 7.01. The summed E-state index contributed by atoms with van der Waals surface area (Å²) in [7, 11) is 0. The molecule has 1 aromatic heterocycles. The second-order valence-corrected chi connectivity index (χ2v) is 9.11. The van der Waals surface area contributed by atoms with Gasteiger partial charge in [0.1, 0.15) is 0 Å². The molecule has 2 unspecified atom stereocenters. The standard InChI is InChI=1S/C18H29N3OS2/c1-14-4-7-21(8-5-14)16(17-3-2-9-24-17)12-20-18(22)11-15-13-23-10-6-19-15/h2-3,9,14-16,19H,4-8,10-13H2,1H3,(H,20,22). The van der Waals surface area contributed by atoms with E-state index in [1.54, 1.807) is 11.3 Å². The first-order chi connectivity index (χ1) is 11.7. The first-order valence-electron chi connectivity index (χ1n) is 9.07. The second-order valence-electron chi connectivity index (χ2n) is 6.98. The van der Waals surface area contributed by atoms with Crippen LogP contribution >= 0.6 is 23.1 Å². The Morgan fingerprint density at radius 2 is 2.29 bits per heavy atom. The Labute approximate surface area is 153 Å². The number of hydrogen-bond donors (Lipinski definition) is 2. The van der Waals surface area contributed by atoms with E-state index in [0.717, 1.165) is 43.6 Å². The predicted octanol–water partition coefficient (Wildman–Crippen LogP) is 2.73. The molecule has 3 heterocycles. The van der Waals surface area contributed by atoms with E-state index in [0.29, 0.717) is 18.5 Å². The normalized spacial score (nSPS) is 24.6. The number of carbonyl (C=O) groups is 1. The van der Waals surface area contributed by atoms with E-state index < -0.39 is 0 Å². The molecule has 4 nitrogen and oxygen atoms in total. The lowest BCUT2D eigenvalue weighted by Gasteiger charge is -2.36. The van der Waals surface area contributed by atoms with Gasteiger partial charge in [-0.2, -0.15) is 11.8 Å². The van der Waals surface area contributed by atoms with Crippen LogP contribution in [0.5, 0.6) is 0 Å². The van der Waals surface area contributed by atoms with E-state index >= 15 is 0 Å². The van der Waals surface area contributed by atoms with E-state index in [1.807, 2.05) is 11.8 Å². The number of carbonyl (C=O) groups excluding carboxylic acids is 1. The molecule has 2 N–H and O–H groups in total. The first kappa shape index (κ1) is 18.2. The number of piperidine rings is 1. The van der Waals surface area contributed by atoms with Crippen molar-refractivity contribution in [1.29, 1.82) is 0 Å². The summed E-state index contributed by atoms with van der Waals surface area (Å²) in [4.78, 5) is 16.3. The quantitative estimate of drug-likeness (QED) is 0.811. The van der Waals surface area contributed by atoms with E-state index in [1.165, 1.54) is 17.7 Å². The second kappa shape index (κ2) is 9.22. The van der Waals surface area contributed by atoms with Crippen LogP contribution in [-0.4, -0.2) is 54.5 Å². The monoisotopic (exact) mass is 367 g/mol. The zero-order valence-electron chi connectivity index (χ0n) is 14.5. The third kappa shape index (κ3) is 5.22. The van der Waals surface area contributed by atoms with Crippen LogP contribution < -0.4 is 10.6 Å². The van der Waals surface area contributed by atoms with Crippen molar-refractivity contribution in [2.75, 3.05) is 37.7 Å². The molecule has 0 bridgehead atoms. The molecule has 2 atom stereocenters. The highest BCUT2D eigenvalue weighted by Crippen LogP contribution is 2.29. The highest BCUT2D eigenvalue weighted by Gasteiger charge is 2.26. The van der Waals surface area contributed by atoms with Crippen LogP contribution in [0, 0.1) is 5.92 Å². The van der Waals surface area contributed by atoms with Crippen LogP contribution in [0.3, 0.4) is 0 Å². The van der Waals surface area contributed by atoms with Crippen molar-refractivity contribution in [3.8, 4) is 0 Å². The number of thioether (sulfide) groups is 1.